The lowest BCUT2D eigenvalue weighted by Crippen LogP contribution is -2.44. The van der Waals surface area contributed by atoms with Crippen molar-refractivity contribution in [1.29, 1.82) is 0 Å². The highest BCUT2D eigenvalue weighted by Gasteiger charge is 2.38. The molecular weight excluding hydrogens is 216 g/mol. The number of Topliss-reactive ketones (excluding diaryl/α,β-unsaturated/α-hetero) is 1. The highest BCUT2D eigenvalue weighted by molar-refractivity contribution is 5.87. The summed E-state index contributed by atoms with van der Waals surface area (Å²) in [7, 11) is 0. The van der Waals surface area contributed by atoms with Crippen LogP contribution in [0.5, 0.6) is 0 Å². The minimum atomic E-state index is -0.381. The Bertz CT molecular complexity index is 372. The zero-order valence-electron chi connectivity index (χ0n) is 9.89. The van der Waals surface area contributed by atoms with Crippen LogP contribution < -0.4 is 5.73 Å². The van der Waals surface area contributed by atoms with E-state index in [0.29, 0.717) is 26.2 Å². The second kappa shape index (κ2) is 5.38. The molecule has 1 aliphatic rings. The molecule has 0 aliphatic carbocycles. The maximum atomic E-state index is 12.4. The first-order valence-corrected chi connectivity index (χ1v) is 5.97. The average Bonchev–Trinajstić information content (AvgIpc) is 2.40. The van der Waals surface area contributed by atoms with E-state index in [4.69, 9.17) is 10.5 Å². The van der Waals surface area contributed by atoms with Crippen LogP contribution in [-0.2, 0) is 16.0 Å². The lowest BCUT2D eigenvalue weighted by atomic mass is 9.75. The van der Waals surface area contributed by atoms with E-state index in [1.807, 2.05) is 12.1 Å². The van der Waals surface area contributed by atoms with Gasteiger partial charge in [0.05, 0.1) is 0 Å². The fourth-order valence-electron chi connectivity index (χ4n) is 2.23. The highest BCUT2D eigenvalue weighted by atomic mass is 16.5. The summed E-state index contributed by atoms with van der Waals surface area (Å²) in [5.74, 6) is 0.219. The van der Waals surface area contributed by atoms with Crippen LogP contribution in [0, 0.1) is 5.41 Å². The Morgan fingerprint density at radius 2 is 2.24 bits per heavy atom. The summed E-state index contributed by atoms with van der Waals surface area (Å²) in [6.07, 6.45) is 5.35. The molecule has 92 valence electrons. The molecule has 2 rings (SSSR count). The summed E-state index contributed by atoms with van der Waals surface area (Å²) in [4.78, 5) is 16.4. The largest absolute Gasteiger partial charge is 0.381 e. The molecule has 0 atom stereocenters. The summed E-state index contributed by atoms with van der Waals surface area (Å²) in [6, 6.07) is 3.77. The van der Waals surface area contributed by atoms with Crippen molar-refractivity contribution in [3.63, 3.8) is 0 Å². The van der Waals surface area contributed by atoms with Crippen molar-refractivity contribution in [2.75, 3.05) is 19.8 Å². The van der Waals surface area contributed by atoms with Gasteiger partial charge in [-0.2, -0.15) is 0 Å². The lowest BCUT2D eigenvalue weighted by Gasteiger charge is -2.34. The van der Waals surface area contributed by atoms with Crippen LogP contribution in [-0.4, -0.2) is 30.5 Å². The Morgan fingerprint density at radius 3 is 2.82 bits per heavy atom. The number of carbonyl (C=O) groups is 1. The highest BCUT2D eigenvalue weighted by Crippen LogP contribution is 2.31. The molecule has 2 N–H and O–H groups in total. The molecule has 1 aromatic rings. The normalized spacial score (nSPS) is 18.9. The number of ketones is 1. The first kappa shape index (κ1) is 12.2. The van der Waals surface area contributed by atoms with Crippen molar-refractivity contribution in [2.24, 2.45) is 11.1 Å². The number of nitrogens with zero attached hydrogens (tertiary/aromatic N) is 1. The Morgan fingerprint density at radius 1 is 1.47 bits per heavy atom. The van der Waals surface area contributed by atoms with Crippen molar-refractivity contribution in [1.82, 2.24) is 4.98 Å². The van der Waals surface area contributed by atoms with Gasteiger partial charge in [0.1, 0.15) is 5.78 Å². The monoisotopic (exact) mass is 234 g/mol. The quantitative estimate of drug-likeness (QED) is 0.842. The maximum Gasteiger partial charge on any atom is 0.144 e. The van der Waals surface area contributed by atoms with Gasteiger partial charge in [0, 0.05) is 44.0 Å². The van der Waals surface area contributed by atoms with Crippen LogP contribution in [0.15, 0.2) is 24.5 Å². The number of hydrogen-bond acceptors (Lipinski definition) is 4. The zero-order chi connectivity index (χ0) is 12.1. The SMILES string of the molecule is NCC1(C(=O)Cc2cccnc2)CCOCC1. The minimum Gasteiger partial charge on any atom is -0.381 e. The van der Waals surface area contributed by atoms with E-state index < -0.39 is 0 Å². The van der Waals surface area contributed by atoms with Crippen molar-refractivity contribution >= 4 is 5.78 Å². The predicted molar refractivity (Wildman–Crippen MR) is 64.5 cm³/mol. The van der Waals surface area contributed by atoms with E-state index in [0.717, 1.165) is 18.4 Å². The summed E-state index contributed by atoms with van der Waals surface area (Å²) in [6.45, 7) is 1.68. The van der Waals surface area contributed by atoms with Crippen LogP contribution in [0.1, 0.15) is 18.4 Å². The van der Waals surface area contributed by atoms with Crippen molar-refractivity contribution in [2.45, 2.75) is 19.3 Å². The van der Waals surface area contributed by atoms with E-state index in [1.165, 1.54) is 0 Å². The van der Waals surface area contributed by atoms with Gasteiger partial charge < -0.3 is 10.5 Å². The van der Waals surface area contributed by atoms with Crippen LogP contribution in [0.4, 0.5) is 0 Å². The molecule has 0 saturated carbocycles. The molecule has 2 heterocycles. The van der Waals surface area contributed by atoms with E-state index in [-0.39, 0.29) is 11.2 Å². The molecule has 0 unspecified atom stereocenters. The number of carbonyl (C=O) groups excluding carboxylic acids is 1. The molecule has 0 spiro atoms. The fourth-order valence-corrected chi connectivity index (χ4v) is 2.23. The standard InChI is InChI=1S/C13H18N2O2/c14-10-13(3-6-17-7-4-13)12(16)8-11-2-1-5-15-9-11/h1-2,5,9H,3-4,6-8,10,14H2. The van der Waals surface area contributed by atoms with Gasteiger partial charge >= 0.3 is 0 Å². The molecule has 4 heteroatoms. The minimum absolute atomic E-state index is 0.219. The zero-order valence-corrected chi connectivity index (χ0v) is 9.89. The van der Waals surface area contributed by atoms with Crippen LogP contribution in [0.25, 0.3) is 0 Å². The molecule has 1 fully saturated rings. The summed E-state index contributed by atoms with van der Waals surface area (Å²) < 4.78 is 5.31. The smallest absolute Gasteiger partial charge is 0.144 e. The molecule has 1 saturated heterocycles. The van der Waals surface area contributed by atoms with E-state index in [2.05, 4.69) is 4.98 Å². The van der Waals surface area contributed by atoms with Crippen LogP contribution in [0.2, 0.25) is 0 Å². The Labute approximate surface area is 101 Å². The third kappa shape index (κ3) is 2.70. The Balaban J connectivity index is 2.07. The van der Waals surface area contributed by atoms with Gasteiger partial charge in [-0.3, -0.25) is 9.78 Å². The van der Waals surface area contributed by atoms with Gasteiger partial charge in [-0.1, -0.05) is 6.07 Å². The Hall–Kier alpha value is -1.26. The van der Waals surface area contributed by atoms with Crippen LogP contribution in [0.3, 0.4) is 0 Å². The summed E-state index contributed by atoms with van der Waals surface area (Å²) >= 11 is 0. The van der Waals surface area contributed by atoms with Gasteiger partial charge in [0.25, 0.3) is 0 Å². The number of rotatable bonds is 4. The third-order valence-corrected chi connectivity index (χ3v) is 3.52. The maximum absolute atomic E-state index is 12.4. The molecule has 0 bridgehead atoms. The summed E-state index contributed by atoms with van der Waals surface area (Å²) in [5, 5.41) is 0. The van der Waals surface area contributed by atoms with Crippen molar-refractivity contribution < 1.29 is 9.53 Å². The van der Waals surface area contributed by atoms with Gasteiger partial charge in [0.2, 0.25) is 0 Å². The van der Waals surface area contributed by atoms with E-state index in [1.54, 1.807) is 12.4 Å². The van der Waals surface area contributed by atoms with Gasteiger partial charge in [-0.25, -0.2) is 0 Å². The van der Waals surface area contributed by atoms with Gasteiger partial charge in [0.15, 0.2) is 0 Å². The van der Waals surface area contributed by atoms with Crippen molar-refractivity contribution in [3.05, 3.63) is 30.1 Å². The molecule has 17 heavy (non-hydrogen) atoms. The topological polar surface area (TPSA) is 65.2 Å². The number of ether oxygens (including phenoxy) is 1. The summed E-state index contributed by atoms with van der Waals surface area (Å²) in [5.41, 5.74) is 6.38. The second-order valence-electron chi connectivity index (χ2n) is 4.56. The van der Waals surface area contributed by atoms with Crippen LogP contribution >= 0.6 is 0 Å². The predicted octanol–water partition coefficient (Wildman–Crippen LogP) is 0.949. The van der Waals surface area contributed by atoms with Crippen molar-refractivity contribution in [3.8, 4) is 0 Å². The Kier molecular flexibility index (Phi) is 3.86. The molecule has 1 aromatic heterocycles. The van der Waals surface area contributed by atoms with Gasteiger partial charge in [-0.05, 0) is 24.5 Å². The lowest BCUT2D eigenvalue weighted by molar-refractivity contribution is -0.132. The van der Waals surface area contributed by atoms with E-state index in [9.17, 15) is 4.79 Å². The molecular formula is C13H18N2O2. The molecule has 0 amide bonds. The third-order valence-electron chi connectivity index (χ3n) is 3.52. The second-order valence-corrected chi connectivity index (χ2v) is 4.56. The molecule has 4 nitrogen and oxygen atoms in total. The number of aromatic nitrogens is 1. The molecule has 0 radical (unpaired) electrons. The fraction of sp³-hybridized carbons (Fsp3) is 0.538. The molecule has 0 aromatic carbocycles. The average molecular weight is 234 g/mol. The number of nitrogens with two attached hydrogens (primary N) is 1. The first-order chi connectivity index (χ1) is 8.27. The van der Waals surface area contributed by atoms with E-state index >= 15 is 0 Å². The van der Waals surface area contributed by atoms with Gasteiger partial charge in [-0.15, -0.1) is 0 Å². The number of pyridine rings is 1. The molecule has 1 aliphatic heterocycles. The first-order valence-electron chi connectivity index (χ1n) is 5.97. The number of hydrogen-bond donors (Lipinski definition) is 1.